The van der Waals surface area contributed by atoms with Crippen LogP contribution in [0.1, 0.15) is 30.7 Å². The van der Waals surface area contributed by atoms with Crippen LogP contribution in [0.5, 0.6) is 5.75 Å². The molecule has 1 saturated carbocycles. The number of likely N-dealkylation sites (N-methyl/N-ethyl adjacent to an activating group) is 1. The summed E-state index contributed by atoms with van der Waals surface area (Å²) in [7, 11) is 6.12. The van der Waals surface area contributed by atoms with E-state index in [2.05, 4.69) is 37.2 Å². The number of benzene rings is 1. The molecule has 1 fully saturated rings. The Morgan fingerprint density at radius 3 is 2.62 bits per heavy atom. The average molecular weight is 219 g/mol. The van der Waals surface area contributed by atoms with Crippen LogP contribution in [0.25, 0.3) is 0 Å². The average Bonchev–Trinajstić information content (AvgIpc) is 2.77. The molecule has 0 amide bonds. The fourth-order valence-electron chi connectivity index (χ4n) is 2.89. The molecule has 1 aromatic carbocycles. The lowest BCUT2D eigenvalue weighted by Crippen LogP contribution is -2.30. The molecule has 2 atom stereocenters. The number of nitrogens with zero attached hydrogens (tertiary/aromatic N) is 1. The number of ether oxygens (including phenoxy) is 1. The highest BCUT2D eigenvalue weighted by atomic mass is 16.5. The second-order valence-electron chi connectivity index (χ2n) is 4.81. The van der Waals surface area contributed by atoms with Crippen LogP contribution in [0.2, 0.25) is 0 Å². The fraction of sp³-hybridized carbons (Fsp3) is 0.571. The Morgan fingerprint density at radius 2 is 1.94 bits per heavy atom. The van der Waals surface area contributed by atoms with Crippen molar-refractivity contribution >= 4 is 0 Å². The minimum Gasteiger partial charge on any atom is -0.496 e. The van der Waals surface area contributed by atoms with Crippen LogP contribution < -0.4 is 4.74 Å². The topological polar surface area (TPSA) is 12.5 Å². The van der Waals surface area contributed by atoms with E-state index in [0.717, 1.165) is 5.75 Å². The third-order valence-electron chi connectivity index (χ3n) is 3.68. The predicted molar refractivity (Wildman–Crippen MR) is 67.1 cm³/mol. The molecule has 0 bridgehead atoms. The minimum atomic E-state index is 0.631. The van der Waals surface area contributed by atoms with Crippen LogP contribution in [-0.2, 0) is 0 Å². The van der Waals surface area contributed by atoms with Gasteiger partial charge in [0.2, 0.25) is 0 Å². The summed E-state index contributed by atoms with van der Waals surface area (Å²) in [6.07, 6.45) is 3.91. The van der Waals surface area contributed by atoms with Crippen molar-refractivity contribution in [2.45, 2.75) is 31.2 Å². The van der Waals surface area contributed by atoms with Gasteiger partial charge in [0.05, 0.1) is 7.11 Å². The summed E-state index contributed by atoms with van der Waals surface area (Å²) in [5.74, 6) is 1.67. The lowest BCUT2D eigenvalue weighted by atomic mass is 9.92. The van der Waals surface area contributed by atoms with Crippen LogP contribution >= 0.6 is 0 Å². The first-order valence-corrected chi connectivity index (χ1v) is 6.03. The Bertz CT molecular complexity index is 348. The number of hydrogen-bond donors (Lipinski definition) is 0. The smallest absolute Gasteiger partial charge is 0.122 e. The molecule has 0 spiro atoms. The molecule has 2 unspecified atom stereocenters. The highest BCUT2D eigenvalue weighted by Crippen LogP contribution is 2.40. The largest absolute Gasteiger partial charge is 0.496 e. The highest BCUT2D eigenvalue weighted by Gasteiger charge is 2.31. The summed E-state index contributed by atoms with van der Waals surface area (Å²) in [6, 6.07) is 9.10. The zero-order valence-corrected chi connectivity index (χ0v) is 10.4. The van der Waals surface area contributed by atoms with E-state index in [9.17, 15) is 0 Å². The van der Waals surface area contributed by atoms with Crippen molar-refractivity contribution in [3.8, 4) is 5.75 Å². The van der Waals surface area contributed by atoms with Gasteiger partial charge in [-0.05, 0) is 38.6 Å². The van der Waals surface area contributed by atoms with E-state index in [1.807, 2.05) is 6.07 Å². The van der Waals surface area contributed by atoms with Crippen LogP contribution in [-0.4, -0.2) is 32.1 Å². The first-order chi connectivity index (χ1) is 7.74. The molecule has 0 aliphatic heterocycles. The maximum absolute atomic E-state index is 5.47. The zero-order chi connectivity index (χ0) is 11.5. The molecule has 2 heteroatoms. The molecule has 0 N–H and O–H groups in total. The molecular formula is C14H21NO. The molecule has 1 aliphatic rings. The Morgan fingerprint density at radius 1 is 1.19 bits per heavy atom. The van der Waals surface area contributed by atoms with Crippen LogP contribution in [0.3, 0.4) is 0 Å². The Balaban J connectivity index is 2.28. The molecular weight excluding hydrogens is 198 g/mol. The van der Waals surface area contributed by atoms with Crippen LogP contribution in [0, 0.1) is 0 Å². The summed E-state index contributed by atoms with van der Waals surface area (Å²) >= 11 is 0. The molecule has 0 radical (unpaired) electrons. The van der Waals surface area contributed by atoms with Crippen molar-refractivity contribution in [3.63, 3.8) is 0 Å². The van der Waals surface area contributed by atoms with Gasteiger partial charge in [0.1, 0.15) is 5.75 Å². The van der Waals surface area contributed by atoms with Crippen LogP contribution in [0.15, 0.2) is 24.3 Å². The lowest BCUT2D eigenvalue weighted by molar-refractivity contribution is 0.272. The van der Waals surface area contributed by atoms with E-state index in [4.69, 9.17) is 4.74 Å². The summed E-state index contributed by atoms with van der Waals surface area (Å²) in [5, 5.41) is 0. The van der Waals surface area contributed by atoms with Gasteiger partial charge in [-0.2, -0.15) is 0 Å². The Labute approximate surface area is 98.2 Å². The molecule has 16 heavy (non-hydrogen) atoms. The number of methoxy groups -OCH3 is 1. The Hall–Kier alpha value is -1.02. The first-order valence-electron chi connectivity index (χ1n) is 6.03. The summed E-state index contributed by atoms with van der Waals surface area (Å²) in [5.41, 5.74) is 1.38. The fourth-order valence-corrected chi connectivity index (χ4v) is 2.89. The Kier molecular flexibility index (Phi) is 3.49. The maximum atomic E-state index is 5.47. The molecule has 1 aromatic rings. The van der Waals surface area contributed by atoms with E-state index in [-0.39, 0.29) is 0 Å². The molecule has 2 rings (SSSR count). The van der Waals surface area contributed by atoms with E-state index >= 15 is 0 Å². The summed E-state index contributed by atoms with van der Waals surface area (Å²) in [6.45, 7) is 0. The van der Waals surface area contributed by atoms with Gasteiger partial charge >= 0.3 is 0 Å². The monoisotopic (exact) mass is 219 g/mol. The van der Waals surface area contributed by atoms with E-state index in [1.165, 1.54) is 24.8 Å². The van der Waals surface area contributed by atoms with Gasteiger partial charge in [0.25, 0.3) is 0 Å². The van der Waals surface area contributed by atoms with E-state index < -0.39 is 0 Å². The quantitative estimate of drug-likeness (QED) is 0.775. The lowest BCUT2D eigenvalue weighted by Gasteiger charge is -2.27. The standard InChI is InChI=1S/C14H21NO/c1-15(2)13-9-6-8-11(13)12-7-4-5-10-14(12)16-3/h4-5,7,10-11,13H,6,8-9H2,1-3H3. The zero-order valence-electron chi connectivity index (χ0n) is 10.4. The van der Waals surface area contributed by atoms with Gasteiger partial charge in [-0.25, -0.2) is 0 Å². The summed E-state index contributed by atoms with van der Waals surface area (Å²) in [4.78, 5) is 2.35. The molecule has 2 nitrogen and oxygen atoms in total. The van der Waals surface area contributed by atoms with Crippen molar-refractivity contribution in [2.75, 3.05) is 21.2 Å². The second kappa shape index (κ2) is 4.88. The van der Waals surface area contributed by atoms with E-state index in [1.54, 1.807) is 7.11 Å². The van der Waals surface area contributed by atoms with Gasteiger partial charge in [-0.3, -0.25) is 0 Å². The van der Waals surface area contributed by atoms with Crippen molar-refractivity contribution in [2.24, 2.45) is 0 Å². The third-order valence-corrected chi connectivity index (χ3v) is 3.68. The van der Waals surface area contributed by atoms with Gasteiger partial charge in [-0.1, -0.05) is 24.6 Å². The highest BCUT2D eigenvalue weighted by molar-refractivity contribution is 5.37. The normalized spacial score (nSPS) is 25.0. The third kappa shape index (κ3) is 2.07. The number of rotatable bonds is 3. The molecule has 0 aromatic heterocycles. The number of hydrogen-bond acceptors (Lipinski definition) is 2. The maximum Gasteiger partial charge on any atom is 0.122 e. The van der Waals surface area contributed by atoms with Crippen LogP contribution in [0.4, 0.5) is 0 Å². The van der Waals surface area contributed by atoms with Crippen molar-refractivity contribution in [1.82, 2.24) is 4.90 Å². The number of para-hydroxylation sites is 1. The van der Waals surface area contributed by atoms with Crippen molar-refractivity contribution < 1.29 is 4.74 Å². The molecule has 0 saturated heterocycles. The second-order valence-corrected chi connectivity index (χ2v) is 4.81. The predicted octanol–water partition coefficient (Wildman–Crippen LogP) is 2.89. The minimum absolute atomic E-state index is 0.631. The first kappa shape index (κ1) is 11.5. The molecule has 1 aliphatic carbocycles. The molecule has 0 heterocycles. The SMILES string of the molecule is COc1ccccc1C1CCCC1N(C)C. The van der Waals surface area contributed by atoms with Crippen molar-refractivity contribution in [3.05, 3.63) is 29.8 Å². The summed E-state index contributed by atoms with van der Waals surface area (Å²) < 4.78 is 5.47. The van der Waals surface area contributed by atoms with Gasteiger partial charge in [0.15, 0.2) is 0 Å². The van der Waals surface area contributed by atoms with Gasteiger partial charge < -0.3 is 9.64 Å². The molecule has 88 valence electrons. The van der Waals surface area contributed by atoms with Gasteiger partial charge in [0, 0.05) is 12.0 Å². The van der Waals surface area contributed by atoms with Gasteiger partial charge in [-0.15, -0.1) is 0 Å². The van der Waals surface area contributed by atoms with E-state index in [0.29, 0.717) is 12.0 Å². The van der Waals surface area contributed by atoms with Crippen molar-refractivity contribution in [1.29, 1.82) is 0 Å².